The molecule has 0 saturated carbocycles. The van der Waals surface area contributed by atoms with Gasteiger partial charge in [-0.3, -0.25) is 9.59 Å². The van der Waals surface area contributed by atoms with Gasteiger partial charge < -0.3 is 16.4 Å². The zero-order valence-corrected chi connectivity index (χ0v) is 10.7. The zero-order valence-electron chi connectivity index (χ0n) is 10.7. The second-order valence-corrected chi connectivity index (χ2v) is 5.40. The van der Waals surface area contributed by atoms with Gasteiger partial charge in [0, 0.05) is 18.5 Å². The van der Waals surface area contributed by atoms with Gasteiger partial charge in [-0.05, 0) is 39.5 Å². The predicted molar refractivity (Wildman–Crippen MR) is 66.3 cm³/mol. The highest BCUT2D eigenvalue weighted by molar-refractivity contribution is 5.87. The molecule has 0 bridgehead atoms. The molecule has 0 aromatic heterocycles. The van der Waals surface area contributed by atoms with Crippen LogP contribution in [0.15, 0.2) is 0 Å². The Labute approximate surface area is 103 Å². The highest BCUT2D eigenvalue weighted by atomic mass is 16.2. The molecule has 1 aliphatic heterocycles. The van der Waals surface area contributed by atoms with E-state index in [2.05, 4.69) is 10.6 Å². The molecule has 0 aromatic rings. The maximum Gasteiger partial charge on any atom is 0.242 e. The average Bonchev–Trinajstić information content (AvgIpc) is 2.41. The number of hydrogen-bond donors (Lipinski definition) is 3. The zero-order chi connectivity index (χ0) is 12.9. The normalized spacial score (nSPS) is 21.6. The summed E-state index contributed by atoms with van der Waals surface area (Å²) in [7, 11) is 0. The minimum absolute atomic E-state index is 0.0668. The van der Waals surface area contributed by atoms with E-state index in [9.17, 15) is 9.59 Å². The fourth-order valence-electron chi connectivity index (χ4n) is 1.78. The van der Waals surface area contributed by atoms with Crippen molar-refractivity contribution in [3.05, 3.63) is 0 Å². The molecule has 0 aliphatic carbocycles. The van der Waals surface area contributed by atoms with Crippen LogP contribution < -0.4 is 16.4 Å². The lowest BCUT2D eigenvalue weighted by Gasteiger charge is -2.19. The molecule has 5 heteroatoms. The highest BCUT2D eigenvalue weighted by Gasteiger charge is 2.22. The SMILES string of the molecule is CC(C)(N)CCC(=O)NC1CCCCNC1=O. The fourth-order valence-corrected chi connectivity index (χ4v) is 1.78. The third-order valence-electron chi connectivity index (χ3n) is 2.87. The van der Waals surface area contributed by atoms with Crippen molar-refractivity contribution >= 4 is 11.8 Å². The maximum absolute atomic E-state index is 11.7. The van der Waals surface area contributed by atoms with E-state index in [1.54, 1.807) is 0 Å². The maximum atomic E-state index is 11.7. The molecule has 98 valence electrons. The predicted octanol–water partition coefficient (Wildman–Crippen LogP) is 0.289. The van der Waals surface area contributed by atoms with Crippen LogP contribution in [0.25, 0.3) is 0 Å². The number of nitrogens with two attached hydrogens (primary N) is 1. The van der Waals surface area contributed by atoms with E-state index in [1.807, 2.05) is 13.8 Å². The Morgan fingerprint density at radius 2 is 2.24 bits per heavy atom. The summed E-state index contributed by atoms with van der Waals surface area (Å²) in [5, 5.41) is 5.57. The van der Waals surface area contributed by atoms with Gasteiger partial charge >= 0.3 is 0 Å². The molecule has 1 unspecified atom stereocenters. The Morgan fingerprint density at radius 3 is 2.88 bits per heavy atom. The van der Waals surface area contributed by atoms with Crippen molar-refractivity contribution in [2.75, 3.05) is 6.54 Å². The summed E-state index contributed by atoms with van der Waals surface area (Å²) >= 11 is 0. The molecule has 1 heterocycles. The van der Waals surface area contributed by atoms with Gasteiger partial charge in [0.05, 0.1) is 0 Å². The summed E-state index contributed by atoms with van der Waals surface area (Å²) < 4.78 is 0. The van der Waals surface area contributed by atoms with Gasteiger partial charge in [-0.1, -0.05) is 0 Å². The lowest BCUT2D eigenvalue weighted by Crippen LogP contribution is -2.46. The van der Waals surface area contributed by atoms with Gasteiger partial charge in [-0.15, -0.1) is 0 Å². The Kier molecular flexibility index (Phi) is 4.93. The number of hydrogen-bond acceptors (Lipinski definition) is 3. The molecule has 4 N–H and O–H groups in total. The van der Waals surface area contributed by atoms with Crippen LogP contribution in [-0.2, 0) is 9.59 Å². The smallest absolute Gasteiger partial charge is 0.242 e. The Bertz CT molecular complexity index is 284. The van der Waals surface area contributed by atoms with Crippen molar-refractivity contribution in [1.82, 2.24) is 10.6 Å². The monoisotopic (exact) mass is 241 g/mol. The minimum atomic E-state index is -0.370. The Morgan fingerprint density at radius 1 is 1.53 bits per heavy atom. The van der Waals surface area contributed by atoms with Crippen molar-refractivity contribution in [3.63, 3.8) is 0 Å². The summed E-state index contributed by atoms with van der Waals surface area (Å²) in [5.74, 6) is -0.159. The van der Waals surface area contributed by atoms with E-state index >= 15 is 0 Å². The largest absolute Gasteiger partial charge is 0.354 e. The van der Waals surface area contributed by atoms with Crippen LogP contribution in [0.2, 0.25) is 0 Å². The van der Waals surface area contributed by atoms with Crippen LogP contribution in [0, 0.1) is 0 Å². The first kappa shape index (κ1) is 14.0. The molecular formula is C12H23N3O2. The van der Waals surface area contributed by atoms with Crippen LogP contribution in [0.4, 0.5) is 0 Å². The van der Waals surface area contributed by atoms with E-state index < -0.39 is 0 Å². The minimum Gasteiger partial charge on any atom is -0.354 e. The van der Waals surface area contributed by atoms with Gasteiger partial charge in [0.15, 0.2) is 0 Å². The molecule has 1 fully saturated rings. The molecule has 1 aliphatic rings. The first-order chi connectivity index (χ1) is 7.88. The topological polar surface area (TPSA) is 84.2 Å². The highest BCUT2D eigenvalue weighted by Crippen LogP contribution is 2.09. The first-order valence-corrected chi connectivity index (χ1v) is 6.24. The van der Waals surface area contributed by atoms with Crippen LogP contribution >= 0.6 is 0 Å². The van der Waals surface area contributed by atoms with E-state index in [1.165, 1.54) is 0 Å². The van der Waals surface area contributed by atoms with Crippen molar-refractivity contribution in [3.8, 4) is 0 Å². The molecule has 1 atom stereocenters. The second kappa shape index (κ2) is 6.00. The molecule has 1 saturated heterocycles. The average molecular weight is 241 g/mol. The number of rotatable bonds is 4. The van der Waals surface area contributed by atoms with Crippen LogP contribution in [0.1, 0.15) is 46.0 Å². The van der Waals surface area contributed by atoms with Crippen LogP contribution in [-0.4, -0.2) is 29.9 Å². The van der Waals surface area contributed by atoms with Gasteiger partial charge in [-0.2, -0.15) is 0 Å². The molecule has 0 radical (unpaired) electrons. The number of amides is 2. The fraction of sp³-hybridized carbons (Fsp3) is 0.833. The lowest BCUT2D eigenvalue weighted by molar-refractivity contribution is -0.129. The van der Waals surface area contributed by atoms with Crippen molar-refractivity contribution in [2.45, 2.75) is 57.5 Å². The van der Waals surface area contributed by atoms with Gasteiger partial charge in [-0.25, -0.2) is 0 Å². The van der Waals surface area contributed by atoms with Crippen molar-refractivity contribution in [2.24, 2.45) is 5.73 Å². The molecule has 17 heavy (non-hydrogen) atoms. The lowest BCUT2D eigenvalue weighted by atomic mass is 9.99. The number of carbonyl (C=O) groups excluding carboxylic acids is 2. The molecule has 1 rings (SSSR count). The number of nitrogens with one attached hydrogen (secondary N) is 2. The summed E-state index contributed by atoms with van der Waals surface area (Å²) in [6.07, 6.45) is 3.66. The van der Waals surface area contributed by atoms with Crippen molar-refractivity contribution in [1.29, 1.82) is 0 Å². The quantitative estimate of drug-likeness (QED) is 0.661. The second-order valence-electron chi connectivity index (χ2n) is 5.40. The summed E-state index contributed by atoms with van der Waals surface area (Å²) in [6.45, 7) is 4.48. The number of carbonyl (C=O) groups is 2. The van der Waals surface area contributed by atoms with Crippen LogP contribution in [0.5, 0.6) is 0 Å². The standard InChI is InChI=1S/C12H23N3O2/c1-12(2,13)7-6-10(16)15-9-5-3-4-8-14-11(9)17/h9H,3-8,13H2,1-2H3,(H,14,17)(H,15,16). The summed E-state index contributed by atoms with van der Waals surface area (Å²) in [6, 6.07) is -0.370. The third kappa shape index (κ3) is 5.68. The van der Waals surface area contributed by atoms with Gasteiger partial charge in [0.1, 0.15) is 6.04 Å². The molecule has 5 nitrogen and oxygen atoms in total. The Balaban J connectivity index is 2.36. The van der Waals surface area contributed by atoms with Gasteiger partial charge in [0.2, 0.25) is 11.8 Å². The third-order valence-corrected chi connectivity index (χ3v) is 2.87. The van der Waals surface area contributed by atoms with Crippen molar-refractivity contribution < 1.29 is 9.59 Å². The molecule has 2 amide bonds. The molecular weight excluding hydrogens is 218 g/mol. The van der Waals surface area contributed by atoms with E-state index in [-0.39, 0.29) is 23.4 Å². The summed E-state index contributed by atoms with van der Waals surface area (Å²) in [4.78, 5) is 23.3. The van der Waals surface area contributed by atoms with Gasteiger partial charge in [0.25, 0.3) is 0 Å². The van der Waals surface area contributed by atoms with E-state index in [4.69, 9.17) is 5.73 Å². The van der Waals surface area contributed by atoms with Crippen LogP contribution in [0.3, 0.4) is 0 Å². The van der Waals surface area contributed by atoms with E-state index in [0.29, 0.717) is 19.4 Å². The molecule has 0 aromatic carbocycles. The van der Waals surface area contributed by atoms with E-state index in [0.717, 1.165) is 19.3 Å². The molecule has 0 spiro atoms. The Hall–Kier alpha value is -1.10. The summed E-state index contributed by atoms with van der Waals surface area (Å²) in [5.41, 5.74) is 5.47. The first-order valence-electron chi connectivity index (χ1n) is 6.24.